The highest BCUT2D eigenvalue weighted by atomic mass is 35.5. The van der Waals surface area contributed by atoms with Gasteiger partial charge in [0.15, 0.2) is 0 Å². The van der Waals surface area contributed by atoms with Crippen molar-refractivity contribution in [2.75, 3.05) is 18.2 Å². The first kappa shape index (κ1) is 14.5. The number of halogens is 1. The lowest BCUT2D eigenvalue weighted by molar-refractivity contribution is -0.120. The second-order valence-corrected chi connectivity index (χ2v) is 4.36. The molecule has 1 aromatic rings. The van der Waals surface area contributed by atoms with E-state index >= 15 is 0 Å². The molecule has 5 heteroatoms. The van der Waals surface area contributed by atoms with Crippen LogP contribution in [0, 0.1) is 5.92 Å². The van der Waals surface area contributed by atoms with E-state index in [4.69, 9.17) is 11.6 Å². The normalized spacial score (nSPS) is 11.7. The second kappa shape index (κ2) is 7.01. The van der Waals surface area contributed by atoms with E-state index in [1.807, 2.05) is 18.2 Å². The third kappa shape index (κ3) is 4.04. The van der Waals surface area contributed by atoms with Crippen molar-refractivity contribution in [3.05, 3.63) is 29.8 Å². The molecule has 98 valence electrons. The Hall–Kier alpha value is -1.55. The third-order valence-electron chi connectivity index (χ3n) is 2.58. The van der Waals surface area contributed by atoms with E-state index in [0.717, 1.165) is 5.56 Å². The molecule has 2 amide bonds. The number of amides is 2. The quantitative estimate of drug-likeness (QED) is 0.800. The van der Waals surface area contributed by atoms with E-state index in [-0.39, 0.29) is 30.0 Å². The van der Waals surface area contributed by atoms with Gasteiger partial charge in [-0.1, -0.05) is 25.1 Å². The Kier molecular flexibility index (Phi) is 5.65. The highest BCUT2D eigenvalue weighted by Gasteiger charge is 2.14. The third-order valence-corrected chi connectivity index (χ3v) is 3.05. The molecule has 0 spiro atoms. The van der Waals surface area contributed by atoms with Crippen LogP contribution in [-0.4, -0.2) is 24.7 Å². The van der Waals surface area contributed by atoms with Gasteiger partial charge in [0.25, 0.3) is 0 Å². The van der Waals surface area contributed by atoms with Crippen LogP contribution in [0.15, 0.2) is 24.3 Å². The summed E-state index contributed by atoms with van der Waals surface area (Å²) in [5.41, 5.74) is 1.44. The van der Waals surface area contributed by atoms with E-state index in [0.29, 0.717) is 5.69 Å². The summed E-state index contributed by atoms with van der Waals surface area (Å²) in [6, 6.07) is 7.24. The molecule has 0 bridgehead atoms. The van der Waals surface area contributed by atoms with Crippen LogP contribution in [0.4, 0.5) is 5.69 Å². The van der Waals surface area contributed by atoms with Crippen LogP contribution >= 0.6 is 11.6 Å². The minimum Gasteiger partial charge on any atom is -0.359 e. The molecule has 0 fully saturated rings. The number of para-hydroxylation sites is 1. The molecular weight excluding hydrogens is 252 g/mol. The van der Waals surface area contributed by atoms with Gasteiger partial charge < -0.3 is 10.6 Å². The van der Waals surface area contributed by atoms with Gasteiger partial charge in [-0.25, -0.2) is 0 Å². The average Bonchev–Trinajstić information content (AvgIpc) is 2.39. The maximum atomic E-state index is 11.8. The predicted molar refractivity (Wildman–Crippen MR) is 72.7 cm³/mol. The van der Waals surface area contributed by atoms with Gasteiger partial charge in [-0.2, -0.15) is 0 Å². The lowest BCUT2D eigenvalue weighted by Crippen LogP contribution is -2.24. The first-order valence-electron chi connectivity index (χ1n) is 5.73. The molecule has 2 N–H and O–H groups in total. The molecule has 1 unspecified atom stereocenters. The van der Waals surface area contributed by atoms with Crippen LogP contribution in [0.5, 0.6) is 0 Å². The highest BCUT2D eigenvalue weighted by molar-refractivity contribution is 6.19. The molecular formula is C13H17ClN2O2. The fourth-order valence-electron chi connectivity index (χ4n) is 1.38. The number of likely N-dealkylation sites (N-methyl/N-ethyl adjacent to an activating group) is 1. The standard InChI is InChI=1S/C13H17ClN2O2/c1-9(8-14)13(18)16-11-6-4-3-5-10(11)7-12(17)15-2/h3-6,9H,7-8H2,1-2H3,(H,15,17)(H,16,18). The minimum absolute atomic E-state index is 0.0953. The van der Waals surface area contributed by atoms with Gasteiger partial charge in [-0.05, 0) is 11.6 Å². The Labute approximate surface area is 112 Å². The van der Waals surface area contributed by atoms with E-state index < -0.39 is 0 Å². The van der Waals surface area contributed by atoms with Crippen molar-refractivity contribution in [3.8, 4) is 0 Å². The lowest BCUT2D eigenvalue weighted by atomic mass is 10.1. The summed E-state index contributed by atoms with van der Waals surface area (Å²) >= 11 is 5.63. The number of hydrogen-bond acceptors (Lipinski definition) is 2. The number of alkyl halides is 1. The first-order valence-corrected chi connectivity index (χ1v) is 6.27. The van der Waals surface area contributed by atoms with Gasteiger partial charge in [0.1, 0.15) is 0 Å². The number of carbonyl (C=O) groups excluding carboxylic acids is 2. The molecule has 4 nitrogen and oxygen atoms in total. The molecule has 0 aromatic heterocycles. The van der Waals surface area contributed by atoms with Crippen LogP contribution in [-0.2, 0) is 16.0 Å². The van der Waals surface area contributed by atoms with Crippen LogP contribution < -0.4 is 10.6 Å². The molecule has 1 aromatic carbocycles. The predicted octanol–water partition coefficient (Wildman–Crippen LogP) is 1.79. The largest absolute Gasteiger partial charge is 0.359 e. The van der Waals surface area contributed by atoms with Crippen LogP contribution in [0.1, 0.15) is 12.5 Å². The van der Waals surface area contributed by atoms with Crippen LogP contribution in [0.25, 0.3) is 0 Å². The molecule has 18 heavy (non-hydrogen) atoms. The van der Waals surface area contributed by atoms with Gasteiger partial charge in [0, 0.05) is 24.5 Å². The van der Waals surface area contributed by atoms with Gasteiger partial charge in [-0.3, -0.25) is 9.59 Å². The van der Waals surface area contributed by atoms with Crippen LogP contribution in [0.2, 0.25) is 0 Å². The van der Waals surface area contributed by atoms with Crippen molar-refractivity contribution in [1.82, 2.24) is 5.32 Å². The maximum Gasteiger partial charge on any atom is 0.228 e. The van der Waals surface area contributed by atoms with Gasteiger partial charge >= 0.3 is 0 Å². The lowest BCUT2D eigenvalue weighted by Gasteiger charge is -2.13. The molecule has 0 aliphatic carbocycles. The number of hydrogen-bond donors (Lipinski definition) is 2. The minimum atomic E-state index is -0.264. The molecule has 0 heterocycles. The number of rotatable bonds is 5. The molecule has 0 radical (unpaired) electrons. The smallest absolute Gasteiger partial charge is 0.228 e. The Bertz CT molecular complexity index is 435. The monoisotopic (exact) mass is 268 g/mol. The van der Waals surface area contributed by atoms with Crippen molar-refractivity contribution < 1.29 is 9.59 Å². The average molecular weight is 269 g/mol. The van der Waals surface area contributed by atoms with E-state index in [1.165, 1.54) is 0 Å². The molecule has 0 saturated carbocycles. The fourth-order valence-corrected chi connectivity index (χ4v) is 1.52. The zero-order chi connectivity index (χ0) is 13.5. The first-order chi connectivity index (χ1) is 8.58. The van der Waals surface area contributed by atoms with Crippen molar-refractivity contribution >= 4 is 29.1 Å². The molecule has 1 rings (SSSR count). The molecule has 1 atom stereocenters. The topological polar surface area (TPSA) is 58.2 Å². The summed E-state index contributed by atoms with van der Waals surface area (Å²) in [6.07, 6.45) is 0.238. The molecule has 0 aliphatic rings. The van der Waals surface area contributed by atoms with E-state index in [9.17, 15) is 9.59 Å². The van der Waals surface area contributed by atoms with E-state index in [2.05, 4.69) is 10.6 Å². The zero-order valence-electron chi connectivity index (χ0n) is 10.5. The van der Waals surface area contributed by atoms with Crippen molar-refractivity contribution in [2.45, 2.75) is 13.3 Å². The Morgan fingerprint density at radius 3 is 2.61 bits per heavy atom. The zero-order valence-corrected chi connectivity index (χ0v) is 11.3. The molecule has 0 aliphatic heterocycles. The van der Waals surface area contributed by atoms with Gasteiger partial charge in [0.05, 0.1) is 6.42 Å². The number of carbonyl (C=O) groups is 2. The van der Waals surface area contributed by atoms with Crippen molar-refractivity contribution in [2.24, 2.45) is 5.92 Å². The summed E-state index contributed by atoms with van der Waals surface area (Å²) in [5, 5.41) is 5.34. The Balaban J connectivity index is 2.82. The summed E-state index contributed by atoms with van der Waals surface area (Å²) in [4.78, 5) is 23.1. The Morgan fingerprint density at radius 2 is 2.00 bits per heavy atom. The summed E-state index contributed by atoms with van der Waals surface area (Å²) in [6.45, 7) is 1.75. The highest BCUT2D eigenvalue weighted by Crippen LogP contribution is 2.17. The van der Waals surface area contributed by atoms with Gasteiger partial charge in [0.2, 0.25) is 11.8 Å². The maximum absolute atomic E-state index is 11.8. The number of anilines is 1. The number of benzene rings is 1. The number of nitrogens with one attached hydrogen (secondary N) is 2. The fraction of sp³-hybridized carbons (Fsp3) is 0.385. The van der Waals surface area contributed by atoms with Gasteiger partial charge in [-0.15, -0.1) is 11.6 Å². The SMILES string of the molecule is CNC(=O)Cc1ccccc1NC(=O)C(C)CCl. The molecule has 0 saturated heterocycles. The second-order valence-electron chi connectivity index (χ2n) is 4.05. The summed E-state index contributed by atoms with van der Waals surface area (Å²) in [7, 11) is 1.58. The van der Waals surface area contributed by atoms with E-state index in [1.54, 1.807) is 20.0 Å². The van der Waals surface area contributed by atoms with Crippen molar-refractivity contribution in [3.63, 3.8) is 0 Å². The van der Waals surface area contributed by atoms with Crippen LogP contribution in [0.3, 0.4) is 0 Å². The Morgan fingerprint density at radius 1 is 1.33 bits per heavy atom. The summed E-state index contributed by atoms with van der Waals surface area (Å²) in [5.74, 6) is -0.236. The summed E-state index contributed by atoms with van der Waals surface area (Å²) < 4.78 is 0. The van der Waals surface area contributed by atoms with Crippen molar-refractivity contribution in [1.29, 1.82) is 0 Å².